The molecule has 0 spiro atoms. The Balaban J connectivity index is 2.27. The maximum atomic E-state index is 6.17. The fourth-order valence-electron chi connectivity index (χ4n) is 2.29. The van der Waals surface area contributed by atoms with E-state index >= 15 is 0 Å². The molecule has 1 fully saturated rings. The quantitative estimate of drug-likeness (QED) is 0.810. The van der Waals surface area contributed by atoms with Gasteiger partial charge in [0.05, 0.1) is 6.04 Å². The Bertz CT molecular complexity index is 308. The summed E-state index contributed by atoms with van der Waals surface area (Å²) in [5, 5.41) is 2.17. The molecule has 0 saturated carbocycles. The highest BCUT2D eigenvalue weighted by atomic mass is 32.1. The lowest BCUT2D eigenvalue weighted by Gasteiger charge is -2.25. The molecule has 14 heavy (non-hydrogen) atoms. The fraction of sp³-hybridized carbons (Fsp3) is 0.636. The molecule has 3 heteroatoms. The van der Waals surface area contributed by atoms with Crippen molar-refractivity contribution in [2.45, 2.75) is 32.4 Å². The van der Waals surface area contributed by atoms with Gasteiger partial charge in [0.15, 0.2) is 0 Å². The van der Waals surface area contributed by atoms with Crippen molar-refractivity contribution >= 4 is 11.3 Å². The molecule has 2 N–H and O–H groups in total. The topological polar surface area (TPSA) is 29.3 Å². The highest BCUT2D eigenvalue weighted by molar-refractivity contribution is 7.10. The largest absolute Gasteiger partial charge is 0.326 e. The Hall–Kier alpha value is -0.380. The van der Waals surface area contributed by atoms with E-state index < -0.39 is 0 Å². The first-order valence-corrected chi connectivity index (χ1v) is 6.15. The van der Waals surface area contributed by atoms with Crippen molar-refractivity contribution in [3.63, 3.8) is 0 Å². The molecule has 1 aromatic rings. The van der Waals surface area contributed by atoms with Crippen LogP contribution in [-0.4, -0.2) is 24.0 Å². The molecular formula is C11H18N2S. The second kappa shape index (κ2) is 4.01. The van der Waals surface area contributed by atoms with Gasteiger partial charge in [0.1, 0.15) is 0 Å². The lowest BCUT2D eigenvalue weighted by molar-refractivity contribution is 0.264. The number of thiophene rings is 1. The highest BCUT2D eigenvalue weighted by Gasteiger charge is 2.33. The Morgan fingerprint density at radius 2 is 2.43 bits per heavy atom. The van der Waals surface area contributed by atoms with Crippen LogP contribution in [0.1, 0.15) is 29.8 Å². The van der Waals surface area contributed by atoms with Crippen LogP contribution in [0.4, 0.5) is 0 Å². The van der Waals surface area contributed by atoms with E-state index in [1.165, 1.54) is 10.4 Å². The maximum Gasteiger partial charge on any atom is 0.0596 e. The van der Waals surface area contributed by atoms with E-state index in [0.717, 1.165) is 19.5 Å². The van der Waals surface area contributed by atoms with Crippen molar-refractivity contribution in [2.24, 2.45) is 5.73 Å². The molecule has 0 bridgehead atoms. The van der Waals surface area contributed by atoms with Crippen molar-refractivity contribution in [3.05, 3.63) is 21.9 Å². The molecule has 1 saturated heterocycles. The van der Waals surface area contributed by atoms with Gasteiger partial charge in [-0.15, -0.1) is 11.3 Å². The molecular weight excluding hydrogens is 192 g/mol. The van der Waals surface area contributed by atoms with E-state index in [1.807, 2.05) is 11.3 Å². The molecule has 2 rings (SSSR count). The third kappa shape index (κ3) is 1.60. The predicted octanol–water partition coefficient (Wildman–Crippen LogP) is 2.15. The minimum absolute atomic E-state index is 0.326. The number of aryl methyl sites for hydroxylation is 1. The second-order valence-corrected chi connectivity index (χ2v) is 4.94. The summed E-state index contributed by atoms with van der Waals surface area (Å²) >= 11 is 1.85. The molecule has 2 heterocycles. The van der Waals surface area contributed by atoms with E-state index in [1.54, 1.807) is 0 Å². The number of nitrogens with two attached hydrogens (primary N) is 1. The van der Waals surface area contributed by atoms with Gasteiger partial charge in [-0.05, 0) is 36.9 Å². The average molecular weight is 210 g/mol. The van der Waals surface area contributed by atoms with E-state index in [9.17, 15) is 0 Å². The molecule has 2 nitrogen and oxygen atoms in total. The molecule has 0 amide bonds. The Kier molecular flexibility index (Phi) is 2.91. The van der Waals surface area contributed by atoms with Crippen molar-refractivity contribution in [1.82, 2.24) is 4.90 Å². The van der Waals surface area contributed by atoms with Crippen molar-refractivity contribution in [3.8, 4) is 0 Å². The third-order valence-electron chi connectivity index (χ3n) is 3.13. The van der Waals surface area contributed by atoms with E-state index in [2.05, 4.69) is 30.2 Å². The van der Waals surface area contributed by atoms with Gasteiger partial charge in [-0.3, -0.25) is 4.90 Å². The van der Waals surface area contributed by atoms with Crippen LogP contribution in [-0.2, 0) is 0 Å². The summed E-state index contributed by atoms with van der Waals surface area (Å²) in [5.74, 6) is 0. The third-order valence-corrected chi connectivity index (χ3v) is 4.21. The molecule has 1 aromatic heterocycles. The van der Waals surface area contributed by atoms with Crippen LogP contribution in [0, 0.1) is 6.92 Å². The summed E-state index contributed by atoms with van der Waals surface area (Å²) in [7, 11) is 0. The first-order valence-electron chi connectivity index (χ1n) is 5.27. The van der Waals surface area contributed by atoms with Crippen molar-refractivity contribution < 1.29 is 0 Å². The number of nitrogens with zero attached hydrogens (tertiary/aromatic N) is 1. The van der Waals surface area contributed by atoms with E-state index in [4.69, 9.17) is 5.73 Å². The lowest BCUT2D eigenvalue weighted by atomic mass is 10.1. The second-order valence-electron chi connectivity index (χ2n) is 3.99. The minimum atomic E-state index is 0.326. The zero-order valence-corrected chi connectivity index (χ0v) is 9.68. The summed E-state index contributed by atoms with van der Waals surface area (Å²) in [5.41, 5.74) is 7.57. The first kappa shape index (κ1) is 10.1. The van der Waals surface area contributed by atoms with Crippen LogP contribution < -0.4 is 5.73 Å². The monoisotopic (exact) mass is 210 g/mol. The van der Waals surface area contributed by atoms with Crippen molar-refractivity contribution in [2.75, 3.05) is 13.1 Å². The van der Waals surface area contributed by atoms with Gasteiger partial charge >= 0.3 is 0 Å². The minimum Gasteiger partial charge on any atom is -0.326 e. The van der Waals surface area contributed by atoms with Crippen molar-refractivity contribution in [1.29, 1.82) is 0 Å². The number of hydrogen-bond donors (Lipinski definition) is 1. The number of rotatable bonds is 2. The van der Waals surface area contributed by atoms with Gasteiger partial charge in [-0.1, -0.05) is 6.92 Å². The summed E-state index contributed by atoms with van der Waals surface area (Å²) < 4.78 is 0. The Morgan fingerprint density at radius 1 is 1.64 bits per heavy atom. The smallest absolute Gasteiger partial charge is 0.0596 e. The van der Waals surface area contributed by atoms with Crippen LogP contribution in [0.3, 0.4) is 0 Å². The van der Waals surface area contributed by atoms with Gasteiger partial charge in [0, 0.05) is 17.5 Å². The van der Waals surface area contributed by atoms with Crippen LogP contribution in [0.15, 0.2) is 11.4 Å². The number of likely N-dealkylation sites (tertiary alicyclic amines) is 1. The summed E-state index contributed by atoms with van der Waals surface area (Å²) in [4.78, 5) is 3.96. The number of likely N-dealkylation sites (N-methyl/N-ethyl adjacent to an activating group) is 1. The maximum absolute atomic E-state index is 6.17. The van der Waals surface area contributed by atoms with Crippen LogP contribution in [0.2, 0.25) is 0 Å². The molecule has 1 aliphatic rings. The SMILES string of the molecule is CCN1CCC(N)C1c1sccc1C. The van der Waals surface area contributed by atoms with E-state index in [-0.39, 0.29) is 0 Å². The van der Waals surface area contributed by atoms with Crippen LogP contribution in [0.25, 0.3) is 0 Å². The molecule has 2 atom stereocenters. The molecule has 0 aromatic carbocycles. The first-order chi connectivity index (χ1) is 6.74. The molecule has 2 unspecified atom stereocenters. The molecule has 0 aliphatic carbocycles. The van der Waals surface area contributed by atoms with Gasteiger partial charge in [0.2, 0.25) is 0 Å². The van der Waals surface area contributed by atoms with Crippen LogP contribution in [0.5, 0.6) is 0 Å². The highest BCUT2D eigenvalue weighted by Crippen LogP contribution is 2.35. The van der Waals surface area contributed by atoms with Gasteiger partial charge in [-0.25, -0.2) is 0 Å². The predicted molar refractivity (Wildman–Crippen MR) is 61.6 cm³/mol. The van der Waals surface area contributed by atoms with Gasteiger partial charge < -0.3 is 5.73 Å². The summed E-state index contributed by atoms with van der Waals surface area (Å²) in [6.07, 6.45) is 1.13. The van der Waals surface area contributed by atoms with E-state index in [0.29, 0.717) is 12.1 Å². The Morgan fingerprint density at radius 3 is 3.00 bits per heavy atom. The van der Waals surface area contributed by atoms with Gasteiger partial charge in [0.25, 0.3) is 0 Å². The van der Waals surface area contributed by atoms with Gasteiger partial charge in [-0.2, -0.15) is 0 Å². The Labute approximate surface area is 89.7 Å². The summed E-state index contributed by atoms with van der Waals surface area (Å²) in [6, 6.07) is 2.99. The zero-order valence-electron chi connectivity index (χ0n) is 8.86. The standard InChI is InChI=1S/C11H18N2S/c1-3-13-6-4-9(12)10(13)11-8(2)5-7-14-11/h5,7,9-10H,3-4,6,12H2,1-2H3. The molecule has 1 aliphatic heterocycles. The zero-order chi connectivity index (χ0) is 10.1. The van der Waals surface area contributed by atoms with Crippen LogP contribution >= 0.6 is 11.3 Å². The molecule has 0 radical (unpaired) electrons. The number of hydrogen-bond acceptors (Lipinski definition) is 3. The summed E-state index contributed by atoms with van der Waals surface area (Å²) in [6.45, 7) is 6.66. The fourth-order valence-corrected chi connectivity index (χ4v) is 3.42. The molecule has 78 valence electrons. The lowest BCUT2D eigenvalue weighted by Crippen LogP contribution is -2.31. The average Bonchev–Trinajstić information content (AvgIpc) is 2.72. The normalized spacial score (nSPS) is 28.5.